The summed E-state index contributed by atoms with van der Waals surface area (Å²) in [6, 6.07) is 10.6. The molecule has 0 saturated carbocycles. The van der Waals surface area contributed by atoms with Gasteiger partial charge in [0.25, 0.3) is 0 Å². The number of nitrogens with zero attached hydrogens (tertiary/aromatic N) is 1. The molecule has 0 spiro atoms. The van der Waals surface area contributed by atoms with E-state index in [-0.39, 0.29) is 24.6 Å². The van der Waals surface area contributed by atoms with E-state index in [2.05, 4.69) is 10.6 Å². The summed E-state index contributed by atoms with van der Waals surface area (Å²) in [5.74, 6) is 0.569. The highest BCUT2D eigenvalue weighted by molar-refractivity contribution is 5.94. The molecular formula is C20H25N3O4. The highest BCUT2D eigenvalue weighted by Gasteiger charge is 2.28. The minimum absolute atomic E-state index is 0.0187. The van der Waals surface area contributed by atoms with Crippen LogP contribution in [0.2, 0.25) is 0 Å². The fourth-order valence-corrected chi connectivity index (χ4v) is 3.33. The number of hydrogen-bond acceptors (Lipinski definition) is 4. The molecule has 0 radical (unpaired) electrons. The molecule has 1 aromatic heterocycles. The van der Waals surface area contributed by atoms with Gasteiger partial charge in [0.1, 0.15) is 12.4 Å². The summed E-state index contributed by atoms with van der Waals surface area (Å²) in [7, 11) is 1.47. The first-order chi connectivity index (χ1) is 13.2. The number of anilines is 2. The first kappa shape index (κ1) is 19.0. The maximum Gasteiger partial charge on any atom is 0.322 e. The van der Waals surface area contributed by atoms with Gasteiger partial charge in [-0.2, -0.15) is 0 Å². The van der Waals surface area contributed by atoms with Gasteiger partial charge < -0.3 is 24.7 Å². The topological polar surface area (TPSA) is 83.8 Å². The summed E-state index contributed by atoms with van der Waals surface area (Å²) >= 11 is 0. The molecule has 0 aliphatic carbocycles. The number of likely N-dealkylation sites (tertiary alicyclic amines) is 1. The number of carbonyl (C=O) groups excluding carboxylic acids is 2. The number of amides is 3. The van der Waals surface area contributed by atoms with Crippen LogP contribution in [0.4, 0.5) is 16.2 Å². The van der Waals surface area contributed by atoms with E-state index in [4.69, 9.17) is 9.15 Å². The average Bonchev–Trinajstić information content (AvgIpc) is 3.06. The van der Waals surface area contributed by atoms with Crippen molar-refractivity contribution >= 4 is 23.3 Å². The Bertz CT molecular complexity index is 760. The van der Waals surface area contributed by atoms with Gasteiger partial charge in [-0.05, 0) is 43.2 Å². The molecule has 1 fully saturated rings. The monoisotopic (exact) mass is 371 g/mol. The van der Waals surface area contributed by atoms with Crippen LogP contribution in [0, 0.1) is 0 Å². The maximum atomic E-state index is 12.9. The van der Waals surface area contributed by atoms with Crippen LogP contribution in [0.1, 0.15) is 37.5 Å². The average molecular weight is 371 g/mol. The number of rotatable bonds is 5. The minimum atomic E-state index is -0.244. The van der Waals surface area contributed by atoms with Gasteiger partial charge >= 0.3 is 6.03 Å². The molecule has 1 aliphatic heterocycles. The fourth-order valence-electron chi connectivity index (χ4n) is 3.33. The third-order valence-electron chi connectivity index (χ3n) is 4.56. The molecule has 7 heteroatoms. The van der Waals surface area contributed by atoms with E-state index in [0.29, 0.717) is 17.9 Å². The zero-order valence-corrected chi connectivity index (χ0v) is 15.4. The summed E-state index contributed by atoms with van der Waals surface area (Å²) in [4.78, 5) is 26.4. The van der Waals surface area contributed by atoms with E-state index < -0.39 is 0 Å². The highest BCUT2D eigenvalue weighted by Crippen LogP contribution is 2.31. The molecule has 1 aliphatic rings. The fraction of sp³-hybridized carbons (Fsp3) is 0.400. The molecule has 1 atom stereocenters. The molecule has 2 aromatic rings. The summed E-state index contributed by atoms with van der Waals surface area (Å²) in [5.41, 5.74) is 1.23. The van der Waals surface area contributed by atoms with Gasteiger partial charge in [-0.1, -0.05) is 18.9 Å². The van der Waals surface area contributed by atoms with Gasteiger partial charge in [0.2, 0.25) is 5.91 Å². The summed E-state index contributed by atoms with van der Waals surface area (Å²) in [5, 5.41) is 5.67. The second-order valence-electron chi connectivity index (χ2n) is 6.57. The van der Waals surface area contributed by atoms with E-state index in [1.165, 1.54) is 7.11 Å². The van der Waals surface area contributed by atoms with Crippen LogP contribution in [-0.4, -0.2) is 37.1 Å². The van der Waals surface area contributed by atoms with Gasteiger partial charge in [-0.3, -0.25) is 4.79 Å². The first-order valence-corrected chi connectivity index (χ1v) is 9.17. The quantitative estimate of drug-likeness (QED) is 0.832. The molecule has 2 N–H and O–H groups in total. The Morgan fingerprint density at radius 3 is 2.70 bits per heavy atom. The number of carbonyl (C=O) groups is 2. The molecule has 7 nitrogen and oxygen atoms in total. The number of urea groups is 1. The number of benzene rings is 1. The predicted octanol–water partition coefficient (Wildman–Crippen LogP) is 4.01. The summed E-state index contributed by atoms with van der Waals surface area (Å²) < 4.78 is 10.4. The van der Waals surface area contributed by atoms with Crippen LogP contribution >= 0.6 is 0 Å². The zero-order valence-electron chi connectivity index (χ0n) is 15.4. The molecular weight excluding hydrogens is 346 g/mol. The Hall–Kier alpha value is -2.80. The third-order valence-corrected chi connectivity index (χ3v) is 4.56. The number of ether oxygens (including phenoxy) is 1. The molecule has 1 saturated heterocycles. The molecule has 3 amide bonds. The Morgan fingerprint density at radius 1 is 1.15 bits per heavy atom. The number of furan rings is 1. The van der Waals surface area contributed by atoms with Gasteiger partial charge in [0, 0.05) is 25.0 Å². The van der Waals surface area contributed by atoms with Crippen molar-refractivity contribution in [2.75, 3.05) is 30.9 Å². The van der Waals surface area contributed by atoms with Crippen LogP contribution in [0.15, 0.2) is 47.1 Å². The number of methoxy groups -OCH3 is 1. The third kappa shape index (κ3) is 5.10. The van der Waals surface area contributed by atoms with Gasteiger partial charge in [0.05, 0.1) is 12.3 Å². The van der Waals surface area contributed by atoms with Crippen molar-refractivity contribution < 1.29 is 18.7 Å². The smallest absolute Gasteiger partial charge is 0.322 e. The molecule has 0 bridgehead atoms. The lowest BCUT2D eigenvalue weighted by atomic mass is 10.1. The van der Waals surface area contributed by atoms with Crippen LogP contribution in [0.25, 0.3) is 0 Å². The lowest BCUT2D eigenvalue weighted by Gasteiger charge is -2.28. The largest absolute Gasteiger partial charge is 0.467 e. The number of nitrogens with one attached hydrogen (secondary N) is 2. The molecule has 144 valence electrons. The molecule has 3 rings (SSSR count). The lowest BCUT2D eigenvalue weighted by molar-refractivity contribution is -0.119. The maximum absolute atomic E-state index is 12.9. The SMILES string of the molecule is COCC(=O)Nc1cccc(NC(=O)N2CCCCC[C@@H]2c2ccco2)c1. The number of hydrogen-bond donors (Lipinski definition) is 2. The van der Waals surface area contributed by atoms with Crippen molar-refractivity contribution in [2.24, 2.45) is 0 Å². The van der Waals surface area contributed by atoms with E-state index in [1.807, 2.05) is 17.0 Å². The van der Waals surface area contributed by atoms with Crippen LogP contribution in [0.5, 0.6) is 0 Å². The van der Waals surface area contributed by atoms with Crippen molar-refractivity contribution in [1.82, 2.24) is 4.90 Å². The van der Waals surface area contributed by atoms with Crippen LogP contribution in [0.3, 0.4) is 0 Å². The predicted molar refractivity (Wildman–Crippen MR) is 103 cm³/mol. The van der Waals surface area contributed by atoms with Crippen molar-refractivity contribution in [1.29, 1.82) is 0 Å². The second kappa shape index (κ2) is 9.23. The standard InChI is InChI=1S/C20H25N3O4/c1-26-14-19(24)21-15-7-5-8-16(13-15)22-20(25)23-11-4-2-3-9-17(23)18-10-6-12-27-18/h5-8,10,12-13,17H,2-4,9,11,14H2,1H3,(H,21,24)(H,22,25)/t17-/m1/s1. The Labute approximate surface area is 158 Å². The summed E-state index contributed by atoms with van der Waals surface area (Å²) in [6.07, 6.45) is 5.66. The second-order valence-corrected chi connectivity index (χ2v) is 6.57. The Morgan fingerprint density at radius 2 is 1.96 bits per heavy atom. The summed E-state index contributed by atoms with van der Waals surface area (Å²) in [6.45, 7) is 0.663. The van der Waals surface area contributed by atoms with Gasteiger partial charge in [-0.25, -0.2) is 4.79 Å². The Kier molecular flexibility index (Phi) is 6.49. The van der Waals surface area contributed by atoms with E-state index in [1.54, 1.807) is 30.5 Å². The van der Waals surface area contributed by atoms with E-state index >= 15 is 0 Å². The molecule has 0 unspecified atom stereocenters. The highest BCUT2D eigenvalue weighted by atomic mass is 16.5. The van der Waals surface area contributed by atoms with Gasteiger partial charge in [0.15, 0.2) is 0 Å². The van der Waals surface area contributed by atoms with Crippen molar-refractivity contribution in [2.45, 2.75) is 31.7 Å². The molecule has 1 aromatic carbocycles. The van der Waals surface area contributed by atoms with Gasteiger partial charge in [-0.15, -0.1) is 0 Å². The van der Waals surface area contributed by atoms with Crippen LogP contribution in [-0.2, 0) is 9.53 Å². The van der Waals surface area contributed by atoms with E-state index in [9.17, 15) is 9.59 Å². The molecule has 27 heavy (non-hydrogen) atoms. The molecule has 2 heterocycles. The first-order valence-electron chi connectivity index (χ1n) is 9.17. The minimum Gasteiger partial charge on any atom is -0.467 e. The lowest BCUT2D eigenvalue weighted by Crippen LogP contribution is -2.37. The zero-order chi connectivity index (χ0) is 19.1. The Balaban J connectivity index is 1.70. The van der Waals surface area contributed by atoms with Crippen molar-refractivity contribution in [3.8, 4) is 0 Å². The van der Waals surface area contributed by atoms with Crippen molar-refractivity contribution in [3.63, 3.8) is 0 Å². The van der Waals surface area contributed by atoms with Crippen LogP contribution < -0.4 is 10.6 Å². The van der Waals surface area contributed by atoms with Crippen molar-refractivity contribution in [3.05, 3.63) is 48.4 Å². The normalized spacial score (nSPS) is 17.2. The van der Waals surface area contributed by atoms with E-state index in [0.717, 1.165) is 31.4 Å².